The van der Waals surface area contributed by atoms with Crippen molar-refractivity contribution in [3.8, 4) is 5.75 Å². The summed E-state index contributed by atoms with van der Waals surface area (Å²) in [6.07, 6.45) is 6.25. The van der Waals surface area contributed by atoms with Crippen LogP contribution in [-0.4, -0.2) is 57.1 Å². The van der Waals surface area contributed by atoms with Gasteiger partial charge in [0.2, 0.25) is 21.8 Å². The molecular formula is C27H37N3O5S. The molecule has 36 heavy (non-hydrogen) atoms. The van der Waals surface area contributed by atoms with E-state index in [-0.39, 0.29) is 18.5 Å². The molecule has 0 spiro atoms. The number of nitrogens with zero attached hydrogens (tertiary/aromatic N) is 2. The van der Waals surface area contributed by atoms with Crippen molar-refractivity contribution in [1.29, 1.82) is 0 Å². The molecule has 8 nitrogen and oxygen atoms in total. The van der Waals surface area contributed by atoms with E-state index in [0.717, 1.165) is 47.4 Å². The van der Waals surface area contributed by atoms with Crippen LogP contribution in [0.25, 0.3) is 0 Å². The molecule has 0 radical (unpaired) electrons. The molecule has 0 unspecified atom stereocenters. The zero-order valence-electron chi connectivity index (χ0n) is 21.6. The predicted octanol–water partition coefficient (Wildman–Crippen LogP) is 3.64. The van der Waals surface area contributed by atoms with Crippen molar-refractivity contribution in [2.24, 2.45) is 0 Å². The van der Waals surface area contributed by atoms with Crippen molar-refractivity contribution in [3.63, 3.8) is 0 Å². The third-order valence-electron chi connectivity index (χ3n) is 6.74. The van der Waals surface area contributed by atoms with Crippen LogP contribution in [0.15, 0.2) is 48.5 Å². The third-order valence-corrected chi connectivity index (χ3v) is 7.88. The Bertz CT molecular complexity index is 1160. The molecule has 0 aromatic heterocycles. The van der Waals surface area contributed by atoms with E-state index >= 15 is 0 Å². The number of benzene rings is 2. The van der Waals surface area contributed by atoms with Gasteiger partial charge in [0.1, 0.15) is 18.3 Å². The number of carbonyl (C=O) groups excluding carboxylic acids is 2. The van der Waals surface area contributed by atoms with Gasteiger partial charge in [0.05, 0.1) is 19.1 Å². The van der Waals surface area contributed by atoms with Gasteiger partial charge in [-0.15, -0.1) is 0 Å². The van der Waals surface area contributed by atoms with Gasteiger partial charge >= 0.3 is 0 Å². The van der Waals surface area contributed by atoms with Gasteiger partial charge in [-0.3, -0.25) is 13.9 Å². The first-order valence-electron chi connectivity index (χ1n) is 12.4. The monoisotopic (exact) mass is 515 g/mol. The number of nitrogens with one attached hydrogen (secondary N) is 1. The summed E-state index contributed by atoms with van der Waals surface area (Å²) in [7, 11) is -2.30. The fraction of sp³-hybridized carbons (Fsp3) is 0.481. The molecule has 196 valence electrons. The smallest absolute Gasteiger partial charge is 0.244 e. The number of carbonyl (C=O) groups is 2. The number of amides is 2. The van der Waals surface area contributed by atoms with Gasteiger partial charge in [0.25, 0.3) is 0 Å². The van der Waals surface area contributed by atoms with Crippen LogP contribution in [0.5, 0.6) is 5.75 Å². The summed E-state index contributed by atoms with van der Waals surface area (Å²) < 4.78 is 31.7. The van der Waals surface area contributed by atoms with Crippen molar-refractivity contribution < 1.29 is 22.7 Å². The summed E-state index contributed by atoms with van der Waals surface area (Å²) in [6.45, 7) is 3.41. The fourth-order valence-electron chi connectivity index (χ4n) is 4.50. The van der Waals surface area contributed by atoms with Crippen LogP contribution >= 0.6 is 0 Å². The first-order chi connectivity index (χ1) is 17.1. The topological polar surface area (TPSA) is 96.0 Å². The standard InChI is InChI=1S/C27H37N3O5S/c1-20-11-8-9-12-22(20)18-29(21(2)27(32)28-23-13-6-5-7-14-23)26(31)19-30(36(4,33)34)24-15-10-16-25(17-24)35-3/h8-12,15-17,21,23H,5-7,13-14,18-19H2,1-4H3,(H,28,32)/t21-/m0/s1. The molecule has 0 aliphatic heterocycles. The molecule has 2 amide bonds. The zero-order chi connectivity index (χ0) is 26.3. The number of methoxy groups -OCH3 is 1. The minimum atomic E-state index is -3.79. The normalized spacial score (nSPS) is 15.1. The molecule has 0 heterocycles. The van der Waals surface area contributed by atoms with Gasteiger partial charge in [-0.05, 0) is 49.9 Å². The average molecular weight is 516 g/mol. The summed E-state index contributed by atoms with van der Waals surface area (Å²) in [5.74, 6) is -0.209. The number of ether oxygens (including phenoxy) is 1. The number of hydrogen-bond donors (Lipinski definition) is 1. The van der Waals surface area contributed by atoms with Gasteiger partial charge in [-0.1, -0.05) is 49.6 Å². The lowest BCUT2D eigenvalue weighted by Crippen LogP contribution is -2.53. The Labute approximate surface area is 214 Å². The molecule has 1 fully saturated rings. The quantitative estimate of drug-likeness (QED) is 0.521. The van der Waals surface area contributed by atoms with Crippen LogP contribution in [-0.2, 0) is 26.2 Å². The number of sulfonamides is 1. The number of aryl methyl sites for hydroxylation is 1. The maximum absolute atomic E-state index is 13.7. The molecule has 1 aliphatic carbocycles. The highest BCUT2D eigenvalue weighted by molar-refractivity contribution is 7.92. The van der Waals surface area contributed by atoms with Crippen LogP contribution in [0, 0.1) is 6.92 Å². The van der Waals surface area contributed by atoms with E-state index in [1.165, 1.54) is 18.4 Å². The Morgan fingerprint density at radius 1 is 1.08 bits per heavy atom. The van der Waals surface area contributed by atoms with Gasteiger partial charge < -0.3 is 15.0 Å². The minimum Gasteiger partial charge on any atom is -0.497 e. The highest BCUT2D eigenvalue weighted by Crippen LogP contribution is 2.24. The maximum atomic E-state index is 13.7. The molecule has 0 bridgehead atoms. The zero-order valence-corrected chi connectivity index (χ0v) is 22.4. The SMILES string of the molecule is COc1cccc(N(CC(=O)N(Cc2ccccc2C)[C@@H](C)C(=O)NC2CCCCC2)S(C)(=O)=O)c1. The summed E-state index contributed by atoms with van der Waals surface area (Å²) >= 11 is 0. The van der Waals surface area contributed by atoms with E-state index < -0.39 is 28.5 Å². The molecule has 1 atom stereocenters. The first kappa shape index (κ1) is 27.5. The molecule has 0 saturated heterocycles. The van der Waals surface area contributed by atoms with Crippen LogP contribution in [0.4, 0.5) is 5.69 Å². The fourth-order valence-corrected chi connectivity index (χ4v) is 5.34. The third kappa shape index (κ3) is 7.22. The second-order valence-corrected chi connectivity index (χ2v) is 11.3. The van der Waals surface area contributed by atoms with Crippen molar-refractivity contribution in [2.75, 3.05) is 24.2 Å². The molecule has 1 aliphatic rings. The molecule has 1 N–H and O–H groups in total. The van der Waals surface area contributed by atoms with Gasteiger partial charge in [-0.25, -0.2) is 8.42 Å². The summed E-state index contributed by atoms with van der Waals surface area (Å²) in [5, 5.41) is 3.10. The predicted molar refractivity (Wildman–Crippen MR) is 141 cm³/mol. The van der Waals surface area contributed by atoms with Crippen molar-refractivity contribution >= 4 is 27.5 Å². The van der Waals surface area contributed by atoms with E-state index in [1.54, 1.807) is 31.2 Å². The number of hydrogen-bond acceptors (Lipinski definition) is 5. The molecule has 2 aromatic rings. The van der Waals surface area contributed by atoms with Gasteiger partial charge in [0, 0.05) is 18.7 Å². The second-order valence-electron chi connectivity index (χ2n) is 9.44. The molecular weight excluding hydrogens is 478 g/mol. The Hall–Kier alpha value is -3.07. The van der Waals surface area contributed by atoms with E-state index in [9.17, 15) is 18.0 Å². The van der Waals surface area contributed by atoms with E-state index in [4.69, 9.17) is 4.74 Å². The van der Waals surface area contributed by atoms with E-state index in [0.29, 0.717) is 11.4 Å². The van der Waals surface area contributed by atoms with Crippen LogP contribution in [0.2, 0.25) is 0 Å². The Kier molecular flexibility index (Phi) is 9.37. The lowest BCUT2D eigenvalue weighted by molar-refractivity contribution is -0.139. The minimum absolute atomic E-state index is 0.105. The van der Waals surface area contributed by atoms with Crippen molar-refractivity contribution in [1.82, 2.24) is 10.2 Å². The molecule has 1 saturated carbocycles. The van der Waals surface area contributed by atoms with Gasteiger partial charge in [-0.2, -0.15) is 0 Å². The number of rotatable bonds is 10. The van der Waals surface area contributed by atoms with E-state index in [2.05, 4.69) is 5.32 Å². The van der Waals surface area contributed by atoms with Crippen LogP contribution in [0.1, 0.15) is 50.2 Å². The summed E-state index contributed by atoms with van der Waals surface area (Å²) in [6, 6.07) is 13.5. The van der Waals surface area contributed by atoms with Crippen molar-refractivity contribution in [3.05, 3.63) is 59.7 Å². The largest absolute Gasteiger partial charge is 0.497 e. The average Bonchev–Trinajstić information content (AvgIpc) is 2.86. The second kappa shape index (κ2) is 12.3. The molecule has 2 aromatic carbocycles. The highest BCUT2D eigenvalue weighted by atomic mass is 32.2. The summed E-state index contributed by atoms with van der Waals surface area (Å²) in [4.78, 5) is 28.4. The summed E-state index contributed by atoms with van der Waals surface area (Å²) in [5.41, 5.74) is 2.21. The highest BCUT2D eigenvalue weighted by Gasteiger charge is 2.31. The Morgan fingerprint density at radius 2 is 1.78 bits per heavy atom. The Balaban J connectivity index is 1.89. The van der Waals surface area contributed by atoms with Crippen LogP contribution in [0.3, 0.4) is 0 Å². The Morgan fingerprint density at radius 3 is 2.42 bits per heavy atom. The van der Waals surface area contributed by atoms with Crippen molar-refractivity contribution in [2.45, 2.75) is 64.6 Å². The lowest BCUT2D eigenvalue weighted by Gasteiger charge is -2.33. The lowest BCUT2D eigenvalue weighted by atomic mass is 9.95. The molecule has 3 rings (SSSR count). The first-order valence-corrected chi connectivity index (χ1v) is 14.2. The van der Waals surface area contributed by atoms with Crippen LogP contribution < -0.4 is 14.4 Å². The maximum Gasteiger partial charge on any atom is 0.244 e. The van der Waals surface area contributed by atoms with E-state index in [1.807, 2.05) is 31.2 Å². The number of anilines is 1. The molecule has 9 heteroatoms. The van der Waals surface area contributed by atoms with Gasteiger partial charge in [0.15, 0.2) is 0 Å².